The number of rotatable bonds is 5. The van der Waals surface area contributed by atoms with Gasteiger partial charge >= 0.3 is 0 Å². The fourth-order valence-electron chi connectivity index (χ4n) is 3.01. The molecule has 1 aliphatic rings. The number of anilines is 1. The zero-order chi connectivity index (χ0) is 15.4. The van der Waals surface area contributed by atoms with Gasteiger partial charge in [0.05, 0.1) is 17.1 Å². The lowest BCUT2D eigenvalue weighted by Gasteiger charge is -2.29. The van der Waals surface area contributed by atoms with E-state index >= 15 is 0 Å². The van der Waals surface area contributed by atoms with Gasteiger partial charge in [-0.3, -0.25) is 10.1 Å². The minimum atomic E-state index is -0.905. The van der Waals surface area contributed by atoms with Crippen LogP contribution in [-0.2, 0) is 0 Å². The summed E-state index contributed by atoms with van der Waals surface area (Å²) in [7, 11) is 0. The molecule has 1 saturated carbocycles. The van der Waals surface area contributed by atoms with Crippen molar-refractivity contribution < 1.29 is 13.7 Å². The molecule has 1 fully saturated rings. The van der Waals surface area contributed by atoms with Gasteiger partial charge in [0.25, 0.3) is 5.69 Å². The predicted molar refractivity (Wildman–Crippen MR) is 77.3 cm³/mol. The van der Waals surface area contributed by atoms with Crippen LogP contribution in [0, 0.1) is 27.7 Å². The highest BCUT2D eigenvalue weighted by molar-refractivity contribution is 5.52. The van der Waals surface area contributed by atoms with Crippen LogP contribution in [0.15, 0.2) is 12.1 Å². The van der Waals surface area contributed by atoms with E-state index in [0.29, 0.717) is 5.92 Å². The van der Waals surface area contributed by atoms with Gasteiger partial charge in [-0.25, -0.2) is 8.78 Å². The third kappa shape index (κ3) is 3.89. The smallest absolute Gasteiger partial charge is 0.275 e. The van der Waals surface area contributed by atoms with Crippen molar-refractivity contribution in [3.63, 3.8) is 0 Å². The predicted octanol–water partition coefficient (Wildman–Crippen LogP) is 4.64. The molecule has 0 heterocycles. The molecule has 0 aliphatic heterocycles. The maximum Gasteiger partial charge on any atom is 0.275 e. The number of benzene rings is 1. The number of nitrogens with zero attached hydrogens (tertiary/aromatic N) is 1. The standard InChI is InChI=1S/C15H20F2N2O2/c1-2-3-10-4-6-11(7-5-10)18-15-13(16)8-12(19(20)21)9-14(15)17/h8-11,18H,2-7H2,1H3. The Morgan fingerprint density at radius 1 is 1.24 bits per heavy atom. The van der Waals surface area contributed by atoms with E-state index in [0.717, 1.165) is 44.2 Å². The van der Waals surface area contributed by atoms with Gasteiger partial charge in [-0.2, -0.15) is 0 Å². The minimum absolute atomic E-state index is 0.0311. The number of hydrogen-bond acceptors (Lipinski definition) is 3. The summed E-state index contributed by atoms with van der Waals surface area (Å²) in [4.78, 5) is 9.76. The Morgan fingerprint density at radius 3 is 2.29 bits per heavy atom. The van der Waals surface area contributed by atoms with Crippen molar-refractivity contribution in [3.8, 4) is 0 Å². The summed E-state index contributed by atoms with van der Waals surface area (Å²) in [5, 5.41) is 13.4. The van der Waals surface area contributed by atoms with Crippen LogP contribution in [0.5, 0.6) is 0 Å². The molecular formula is C15H20F2N2O2. The minimum Gasteiger partial charge on any atom is -0.378 e. The normalized spacial score (nSPS) is 22.0. The van der Waals surface area contributed by atoms with Gasteiger partial charge in [-0.1, -0.05) is 19.8 Å². The molecule has 0 aromatic heterocycles. The monoisotopic (exact) mass is 298 g/mol. The Morgan fingerprint density at radius 2 is 1.81 bits per heavy atom. The molecule has 0 bridgehead atoms. The first kappa shape index (κ1) is 15.7. The van der Waals surface area contributed by atoms with E-state index in [1.165, 1.54) is 6.42 Å². The molecule has 0 radical (unpaired) electrons. The summed E-state index contributed by atoms with van der Waals surface area (Å²) >= 11 is 0. The van der Waals surface area contributed by atoms with E-state index < -0.39 is 22.2 Å². The van der Waals surface area contributed by atoms with Crippen molar-refractivity contribution in [1.29, 1.82) is 0 Å². The Hall–Kier alpha value is -1.72. The van der Waals surface area contributed by atoms with Crippen LogP contribution in [0.2, 0.25) is 0 Å². The van der Waals surface area contributed by atoms with E-state index in [9.17, 15) is 18.9 Å². The van der Waals surface area contributed by atoms with Crippen LogP contribution in [0.3, 0.4) is 0 Å². The molecule has 21 heavy (non-hydrogen) atoms. The molecule has 0 atom stereocenters. The van der Waals surface area contributed by atoms with Gasteiger partial charge in [0, 0.05) is 6.04 Å². The lowest BCUT2D eigenvalue weighted by molar-refractivity contribution is -0.385. The van der Waals surface area contributed by atoms with Gasteiger partial charge in [-0.15, -0.1) is 0 Å². The quantitative estimate of drug-likeness (QED) is 0.636. The fourth-order valence-corrected chi connectivity index (χ4v) is 3.01. The first-order valence-corrected chi connectivity index (χ1v) is 7.41. The maximum atomic E-state index is 13.8. The molecule has 2 rings (SSSR count). The molecule has 6 heteroatoms. The summed E-state index contributed by atoms with van der Waals surface area (Å²) in [6.07, 6.45) is 6.23. The third-order valence-electron chi connectivity index (χ3n) is 4.13. The number of non-ortho nitro benzene ring substituents is 1. The Kier molecular flexibility index (Phi) is 5.09. The van der Waals surface area contributed by atoms with Crippen LogP contribution < -0.4 is 5.32 Å². The zero-order valence-corrected chi connectivity index (χ0v) is 12.1. The molecular weight excluding hydrogens is 278 g/mol. The lowest BCUT2D eigenvalue weighted by atomic mass is 9.83. The van der Waals surface area contributed by atoms with Gasteiger partial charge in [0.2, 0.25) is 0 Å². The van der Waals surface area contributed by atoms with Gasteiger partial charge < -0.3 is 5.32 Å². The zero-order valence-electron chi connectivity index (χ0n) is 12.1. The van der Waals surface area contributed by atoms with E-state index in [2.05, 4.69) is 12.2 Å². The molecule has 116 valence electrons. The summed E-state index contributed by atoms with van der Waals surface area (Å²) in [5.41, 5.74) is -0.818. The number of nitro benzene ring substituents is 1. The van der Waals surface area contributed by atoms with Crippen LogP contribution >= 0.6 is 0 Å². The maximum absolute atomic E-state index is 13.8. The van der Waals surface area contributed by atoms with E-state index in [1.807, 2.05) is 0 Å². The van der Waals surface area contributed by atoms with Crippen molar-refractivity contribution in [2.75, 3.05) is 5.32 Å². The Balaban J connectivity index is 2.02. The summed E-state index contributed by atoms with van der Waals surface area (Å²) < 4.78 is 27.6. The summed E-state index contributed by atoms with van der Waals surface area (Å²) in [6, 6.07) is 1.55. The molecule has 4 nitrogen and oxygen atoms in total. The molecule has 1 N–H and O–H groups in total. The number of nitro groups is 1. The SMILES string of the molecule is CCCC1CCC(Nc2c(F)cc([N+](=O)[O-])cc2F)CC1. The Bertz CT molecular complexity index is 491. The van der Waals surface area contributed by atoms with Crippen molar-refractivity contribution in [2.45, 2.75) is 51.5 Å². The van der Waals surface area contributed by atoms with Crippen LogP contribution in [0.4, 0.5) is 20.2 Å². The molecule has 0 unspecified atom stereocenters. The molecule has 0 saturated heterocycles. The first-order valence-electron chi connectivity index (χ1n) is 7.41. The molecule has 1 aromatic carbocycles. The van der Waals surface area contributed by atoms with E-state index in [4.69, 9.17) is 0 Å². The number of nitrogens with one attached hydrogen (secondary N) is 1. The first-order chi connectivity index (χ1) is 10.0. The van der Waals surface area contributed by atoms with Gasteiger partial charge in [0.15, 0.2) is 11.6 Å². The van der Waals surface area contributed by atoms with Gasteiger partial charge in [0.1, 0.15) is 5.69 Å². The van der Waals surface area contributed by atoms with Crippen molar-refractivity contribution in [2.24, 2.45) is 5.92 Å². The van der Waals surface area contributed by atoms with E-state index in [1.54, 1.807) is 0 Å². The van der Waals surface area contributed by atoms with Crippen molar-refractivity contribution >= 4 is 11.4 Å². The number of hydrogen-bond donors (Lipinski definition) is 1. The van der Waals surface area contributed by atoms with Crippen molar-refractivity contribution in [3.05, 3.63) is 33.9 Å². The highest BCUT2D eigenvalue weighted by Gasteiger charge is 2.23. The largest absolute Gasteiger partial charge is 0.378 e. The second kappa shape index (κ2) is 6.83. The molecule has 0 amide bonds. The van der Waals surface area contributed by atoms with Crippen LogP contribution in [0.1, 0.15) is 45.4 Å². The average Bonchev–Trinajstić information content (AvgIpc) is 2.44. The van der Waals surface area contributed by atoms with Crippen LogP contribution in [0.25, 0.3) is 0 Å². The Labute approximate surface area is 122 Å². The second-order valence-electron chi connectivity index (χ2n) is 5.69. The topological polar surface area (TPSA) is 55.2 Å². The fraction of sp³-hybridized carbons (Fsp3) is 0.600. The number of halogens is 2. The molecule has 1 aliphatic carbocycles. The molecule has 0 spiro atoms. The summed E-state index contributed by atoms with van der Waals surface area (Å²) in [6.45, 7) is 2.16. The lowest BCUT2D eigenvalue weighted by Crippen LogP contribution is -2.27. The van der Waals surface area contributed by atoms with E-state index in [-0.39, 0.29) is 11.7 Å². The van der Waals surface area contributed by atoms with Gasteiger partial charge in [-0.05, 0) is 31.6 Å². The highest BCUT2D eigenvalue weighted by atomic mass is 19.1. The van der Waals surface area contributed by atoms with Crippen molar-refractivity contribution in [1.82, 2.24) is 0 Å². The second-order valence-corrected chi connectivity index (χ2v) is 5.69. The third-order valence-corrected chi connectivity index (χ3v) is 4.13. The average molecular weight is 298 g/mol. The highest BCUT2D eigenvalue weighted by Crippen LogP contribution is 2.31. The summed E-state index contributed by atoms with van der Waals surface area (Å²) in [5.74, 6) is -1.10. The molecule has 1 aromatic rings. The van der Waals surface area contributed by atoms with Crippen LogP contribution in [-0.4, -0.2) is 11.0 Å².